The summed E-state index contributed by atoms with van der Waals surface area (Å²) in [6.45, 7) is 4.31. The van der Waals surface area contributed by atoms with E-state index in [1.165, 1.54) is 32.6 Å². The lowest BCUT2D eigenvalue weighted by Crippen LogP contribution is -2.40. The molecule has 2 amide bonds. The van der Waals surface area contributed by atoms with Gasteiger partial charge in [-0.05, 0) is 43.9 Å². The van der Waals surface area contributed by atoms with Crippen LogP contribution in [-0.4, -0.2) is 57.0 Å². The fourth-order valence-electron chi connectivity index (χ4n) is 4.94. The van der Waals surface area contributed by atoms with Gasteiger partial charge in [-0.1, -0.05) is 31.0 Å². The predicted octanol–water partition coefficient (Wildman–Crippen LogP) is 3.25. The van der Waals surface area contributed by atoms with Crippen molar-refractivity contribution >= 4 is 29.9 Å². The van der Waals surface area contributed by atoms with E-state index in [-0.39, 0.29) is 42.3 Å². The zero-order valence-electron chi connectivity index (χ0n) is 20.0. The van der Waals surface area contributed by atoms with Gasteiger partial charge in [0.1, 0.15) is 23.8 Å². The van der Waals surface area contributed by atoms with Crippen molar-refractivity contribution in [3.05, 3.63) is 61.8 Å². The molecule has 1 N–H and O–H groups in total. The SMILES string of the molecule is CCCC[C@@H]1N(CC(C)OC=O)C(=O)c2c3c(c(O)c(=O)n21)C(=O)N(Cc1ccc(F)c(Cl)c1)CC3. The van der Waals surface area contributed by atoms with Gasteiger partial charge in [0.05, 0.1) is 17.1 Å². The largest absolute Gasteiger partial charge is 0.502 e. The number of amides is 2. The first-order chi connectivity index (χ1) is 17.2. The van der Waals surface area contributed by atoms with E-state index in [4.69, 9.17) is 16.3 Å². The van der Waals surface area contributed by atoms with Crippen LogP contribution in [0.1, 0.15) is 71.2 Å². The summed E-state index contributed by atoms with van der Waals surface area (Å²) in [7, 11) is 0. The third-order valence-electron chi connectivity index (χ3n) is 6.66. The number of halogens is 2. The van der Waals surface area contributed by atoms with Crippen LogP contribution in [0, 0.1) is 5.82 Å². The summed E-state index contributed by atoms with van der Waals surface area (Å²) in [5.74, 6) is -2.32. The minimum Gasteiger partial charge on any atom is -0.502 e. The van der Waals surface area contributed by atoms with Gasteiger partial charge < -0.3 is 19.6 Å². The van der Waals surface area contributed by atoms with Crippen LogP contribution in [0.5, 0.6) is 5.75 Å². The number of fused-ring (bicyclic) bond motifs is 3. The van der Waals surface area contributed by atoms with E-state index in [1.807, 2.05) is 6.92 Å². The molecule has 0 fully saturated rings. The smallest absolute Gasteiger partial charge is 0.295 e. The predicted molar refractivity (Wildman–Crippen MR) is 128 cm³/mol. The van der Waals surface area contributed by atoms with Crippen molar-refractivity contribution in [2.45, 2.75) is 58.3 Å². The molecule has 2 atom stereocenters. The molecule has 2 aliphatic heterocycles. The Morgan fingerprint density at radius 3 is 2.69 bits per heavy atom. The van der Waals surface area contributed by atoms with Crippen molar-refractivity contribution in [2.75, 3.05) is 13.1 Å². The van der Waals surface area contributed by atoms with Crippen LogP contribution in [-0.2, 0) is 22.5 Å². The first kappa shape index (κ1) is 25.7. The summed E-state index contributed by atoms with van der Waals surface area (Å²) < 4.78 is 19.8. The Kier molecular flexibility index (Phi) is 7.35. The summed E-state index contributed by atoms with van der Waals surface area (Å²) in [6, 6.07) is 4.12. The molecule has 0 spiro atoms. The summed E-state index contributed by atoms with van der Waals surface area (Å²) >= 11 is 5.86. The molecule has 0 bridgehead atoms. The number of ether oxygens (including phenoxy) is 1. The highest BCUT2D eigenvalue weighted by atomic mass is 35.5. The van der Waals surface area contributed by atoms with Gasteiger partial charge in [0.25, 0.3) is 23.8 Å². The quantitative estimate of drug-likeness (QED) is 0.509. The summed E-state index contributed by atoms with van der Waals surface area (Å²) in [5.41, 5.74) is -0.00729. The topological polar surface area (TPSA) is 109 Å². The number of aromatic hydroxyl groups is 1. The molecule has 1 unspecified atom stereocenters. The normalized spacial score (nSPS) is 17.7. The van der Waals surface area contributed by atoms with Gasteiger partial charge in [0.15, 0.2) is 5.75 Å². The van der Waals surface area contributed by atoms with Crippen molar-refractivity contribution in [2.24, 2.45) is 0 Å². The lowest BCUT2D eigenvalue weighted by Gasteiger charge is -2.30. The molecular formula is C25H27ClFN3O6. The van der Waals surface area contributed by atoms with E-state index in [1.54, 1.807) is 6.92 Å². The highest BCUT2D eigenvalue weighted by Gasteiger charge is 2.44. The molecule has 1 aromatic heterocycles. The fraction of sp³-hybridized carbons (Fsp3) is 0.440. The zero-order chi connectivity index (χ0) is 26.1. The average molecular weight is 520 g/mol. The van der Waals surface area contributed by atoms with Crippen LogP contribution in [0.15, 0.2) is 23.0 Å². The number of hydrogen-bond donors (Lipinski definition) is 1. The van der Waals surface area contributed by atoms with Crippen LogP contribution in [0.3, 0.4) is 0 Å². The molecule has 4 rings (SSSR count). The Bertz CT molecular complexity index is 1280. The van der Waals surface area contributed by atoms with E-state index in [0.717, 1.165) is 6.42 Å². The van der Waals surface area contributed by atoms with Crippen LogP contribution in [0.2, 0.25) is 5.02 Å². The Morgan fingerprint density at radius 1 is 1.28 bits per heavy atom. The van der Waals surface area contributed by atoms with Crippen molar-refractivity contribution in [3.8, 4) is 5.75 Å². The third kappa shape index (κ3) is 4.45. The molecule has 0 radical (unpaired) electrons. The number of carbonyl (C=O) groups excluding carboxylic acids is 3. The Balaban J connectivity index is 1.74. The van der Waals surface area contributed by atoms with Crippen molar-refractivity contribution in [1.82, 2.24) is 14.4 Å². The highest BCUT2D eigenvalue weighted by molar-refractivity contribution is 6.30. The fourth-order valence-corrected chi connectivity index (χ4v) is 5.14. The van der Waals surface area contributed by atoms with E-state index in [9.17, 15) is 28.7 Å². The second-order valence-electron chi connectivity index (χ2n) is 9.07. The molecule has 9 nitrogen and oxygen atoms in total. The second kappa shape index (κ2) is 10.3. The number of nitrogens with zero attached hydrogens (tertiary/aromatic N) is 3. The molecule has 0 saturated carbocycles. The summed E-state index contributed by atoms with van der Waals surface area (Å²) in [4.78, 5) is 53.9. The molecule has 192 valence electrons. The van der Waals surface area contributed by atoms with Gasteiger partial charge in [0, 0.05) is 18.7 Å². The van der Waals surface area contributed by atoms with Crippen LogP contribution < -0.4 is 5.56 Å². The average Bonchev–Trinajstić information content (AvgIpc) is 3.11. The number of benzene rings is 1. The van der Waals surface area contributed by atoms with Gasteiger partial charge in [-0.3, -0.25) is 23.7 Å². The van der Waals surface area contributed by atoms with E-state index >= 15 is 0 Å². The van der Waals surface area contributed by atoms with Gasteiger partial charge in [0.2, 0.25) is 0 Å². The molecule has 2 aromatic rings. The third-order valence-corrected chi connectivity index (χ3v) is 6.95. The number of rotatable bonds is 9. The molecular weight excluding hydrogens is 493 g/mol. The molecule has 2 aliphatic rings. The number of hydrogen-bond acceptors (Lipinski definition) is 6. The van der Waals surface area contributed by atoms with Crippen molar-refractivity contribution < 1.29 is 28.6 Å². The first-order valence-electron chi connectivity index (χ1n) is 11.8. The van der Waals surface area contributed by atoms with E-state index < -0.39 is 41.2 Å². The number of aromatic nitrogens is 1. The second-order valence-corrected chi connectivity index (χ2v) is 9.48. The van der Waals surface area contributed by atoms with Crippen molar-refractivity contribution in [3.63, 3.8) is 0 Å². The minimum absolute atomic E-state index is 0.0635. The molecule has 36 heavy (non-hydrogen) atoms. The molecule has 1 aromatic carbocycles. The van der Waals surface area contributed by atoms with E-state index in [0.29, 0.717) is 30.4 Å². The minimum atomic E-state index is -0.815. The number of pyridine rings is 1. The lowest BCUT2D eigenvalue weighted by atomic mass is 9.95. The Labute approximate surface area is 212 Å². The Hall–Kier alpha value is -3.40. The maximum Gasteiger partial charge on any atom is 0.295 e. The van der Waals surface area contributed by atoms with E-state index in [2.05, 4.69) is 0 Å². The monoisotopic (exact) mass is 519 g/mol. The van der Waals surface area contributed by atoms with Gasteiger partial charge in [-0.2, -0.15) is 0 Å². The van der Waals surface area contributed by atoms with Crippen LogP contribution in [0.25, 0.3) is 0 Å². The highest BCUT2D eigenvalue weighted by Crippen LogP contribution is 2.37. The van der Waals surface area contributed by atoms with Crippen molar-refractivity contribution in [1.29, 1.82) is 0 Å². The molecule has 0 saturated heterocycles. The number of unbranched alkanes of at least 4 members (excludes halogenated alkanes) is 1. The maximum atomic E-state index is 13.6. The van der Waals surface area contributed by atoms with Crippen LogP contribution in [0.4, 0.5) is 4.39 Å². The summed E-state index contributed by atoms with van der Waals surface area (Å²) in [6.07, 6.45) is 0.967. The maximum absolute atomic E-state index is 13.6. The molecule has 0 aliphatic carbocycles. The molecule has 3 heterocycles. The molecule has 11 heteroatoms. The zero-order valence-corrected chi connectivity index (χ0v) is 20.8. The number of carbonyl (C=O) groups is 3. The summed E-state index contributed by atoms with van der Waals surface area (Å²) in [5, 5.41) is 10.8. The van der Waals surface area contributed by atoms with Crippen LogP contribution >= 0.6 is 11.6 Å². The Morgan fingerprint density at radius 2 is 2.03 bits per heavy atom. The van der Waals surface area contributed by atoms with Gasteiger partial charge in [-0.25, -0.2) is 4.39 Å². The standard InChI is InChI=1S/C25H27ClFN3O6/c1-3-4-5-19-29(11-14(2)36-13-31)24(34)21-16-8-9-28(12-15-6-7-18(27)17(26)10-15)23(33)20(16)22(32)25(35)30(19)21/h6-7,10,13-14,19,32H,3-5,8-9,11-12H2,1-2H3/t14?,19-/m1/s1. The first-order valence-corrected chi connectivity index (χ1v) is 12.2. The van der Waals surface area contributed by atoms with Gasteiger partial charge in [-0.15, -0.1) is 0 Å². The lowest BCUT2D eigenvalue weighted by molar-refractivity contribution is -0.133. The van der Waals surface area contributed by atoms with Gasteiger partial charge >= 0.3 is 0 Å².